The molecule has 3 rings (SSSR count). The topological polar surface area (TPSA) is 78.3 Å². The molecule has 0 radical (unpaired) electrons. The summed E-state index contributed by atoms with van der Waals surface area (Å²) in [6.45, 7) is 2.30. The Bertz CT molecular complexity index is 903. The van der Waals surface area contributed by atoms with Crippen LogP contribution in [0.1, 0.15) is 21.6 Å². The van der Waals surface area contributed by atoms with Gasteiger partial charge in [-0.15, -0.1) is 5.10 Å². The van der Waals surface area contributed by atoms with Crippen molar-refractivity contribution in [3.63, 3.8) is 0 Å². The lowest BCUT2D eigenvalue weighted by Gasteiger charge is -2.10. The summed E-state index contributed by atoms with van der Waals surface area (Å²) in [5.41, 5.74) is 3.05. The Morgan fingerprint density at radius 2 is 1.88 bits per heavy atom. The predicted molar refractivity (Wildman–Crippen MR) is 96.8 cm³/mol. The predicted octanol–water partition coefficient (Wildman–Crippen LogP) is 2.52. The first kappa shape index (κ1) is 17.5. The maximum absolute atomic E-state index is 12.4. The average molecular weight is 352 g/mol. The minimum absolute atomic E-state index is 0.243. The van der Waals surface area contributed by atoms with Gasteiger partial charge in [0.1, 0.15) is 11.5 Å². The van der Waals surface area contributed by atoms with Gasteiger partial charge < -0.3 is 14.8 Å². The molecule has 1 aromatic heterocycles. The fraction of sp³-hybridized carbons (Fsp3) is 0.211. The summed E-state index contributed by atoms with van der Waals surface area (Å²) >= 11 is 0. The first-order valence-electron chi connectivity index (χ1n) is 8.09. The third kappa shape index (κ3) is 3.83. The largest absolute Gasteiger partial charge is 0.497 e. The summed E-state index contributed by atoms with van der Waals surface area (Å²) in [7, 11) is 3.17. The zero-order chi connectivity index (χ0) is 18.5. The fourth-order valence-electron chi connectivity index (χ4n) is 2.48. The second kappa shape index (κ2) is 7.69. The summed E-state index contributed by atoms with van der Waals surface area (Å²) in [6, 6.07) is 13.2. The summed E-state index contributed by atoms with van der Waals surface area (Å²) in [5, 5.41) is 10.8. The van der Waals surface area contributed by atoms with E-state index in [0.29, 0.717) is 11.5 Å². The van der Waals surface area contributed by atoms with Crippen LogP contribution in [0, 0.1) is 6.92 Å². The van der Waals surface area contributed by atoms with Crippen LogP contribution >= 0.6 is 0 Å². The van der Waals surface area contributed by atoms with Crippen LogP contribution in [0.4, 0.5) is 0 Å². The molecule has 0 saturated heterocycles. The Morgan fingerprint density at radius 1 is 1.12 bits per heavy atom. The van der Waals surface area contributed by atoms with Gasteiger partial charge in [0, 0.05) is 12.1 Å². The van der Waals surface area contributed by atoms with Crippen LogP contribution in [0.15, 0.2) is 48.7 Å². The van der Waals surface area contributed by atoms with Crippen molar-refractivity contribution < 1.29 is 14.3 Å². The molecule has 1 heterocycles. The molecule has 0 aliphatic rings. The van der Waals surface area contributed by atoms with Crippen molar-refractivity contribution in [3.8, 4) is 17.2 Å². The lowest BCUT2D eigenvalue weighted by Crippen LogP contribution is -2.23. The maximum Gasteiger partial charge on any atom is 0.273 e. The fourth-order valence-corrected chi connectivity index (χ4v) is 2.48. The number of aromatic nitrogens is 3. The number of aryl methyl sites for hydroxylation is 1. The SMILES string of the molecule is COc1ccc(OC)c(CNC(=O)c2cn(-c3ccc(C)cc3)nn2)c1. The van der Waals surface area contributed by atoms with Crippen LogP contribution in [0.25, 0.3) is 5.69 Å². The van der Waals surface area contributed by atoms with Crippen LogP contribution in [0.2, 0.25) is 0 Å². The van der Waals surface area contributed by atoms with Gasteiger partial charge in [-0.05, 0) is 37.3 Å². The van der Waals surface area contributed by atoms with Crippen molar-refractivity contribution in [3.05, 3.63) is 65.5 Å². The summed E-state index contributed by atoms with van der Waals surface area (Å²) in [5.74, 6) is 1.06. The molecule has 3 aromatic rings. The van der Waals surface area contributed by atoms with E-state index in [0.717, 1.165) is 16.8 Å². The van der Waals surface area contributed by atoms with Gasteiger partial charge in [0.05, 0.1) is 26.1 Å². The van der Waals surface area contributed by atoms with E-state index in [1.165, 1.54) is 0 Å². The lowest BCUT2D eigenvalue weighted by molar-refractivity contribution is 0.0945. The first-order chi connectivity index (χ1) is 12.6. The molecular formula is C19H20N4O3. The van der Waals surface area contributed by atoms with Gasteiger partial charge in [-0.1, -0.05) is 22.9 Å². The van der Waals surface area contributed by atoms with E-state index in [4.69, 9.17) is 9.47 Å². The number of hydrogen-bond acceptors (Lipinski definition) is 5. The Balaban J connectivity index is 1.70. The van der Waals surface area contributed by atoms with E-state index >= 15 is 0 Å². The number of carbonyl (C=O) groups excluding carboxylic acids is 1. The van der Waals surface area contributed by atoms with Crippen molar-refractivity contribution in [2.24, 2.45) is 0 Å². The Kier molecular flexibility index (Phi) is 5.17. The number of methoxy groups -OCH3 is 2. The van der Waals surface area contributed by atoms with Gasteiger partial charge in [-0.25, -0.2) is 4.68 Å². The highest BCUT2D eigenvalue weighted by Crippen LogP contribution is 2.23. The van der Waals surface area contributed by atoms with Crippen molar-refractivity contribution in [2.45, 2.75) is 13.5 Å². The highest BCUT2D eigenvalue weighted by molar-refractivity contribution is 5.91. The number of nitrogens with one attached hydrogen (secondary N) is 1. The smallest absolute Gasteiger partial charge is 0.273 e. The second-order valence-electron chi connectivity index (χ2n) is 5.74. The van der Waals surface area contributed by atoms with Crippen molar-refractivity contribution >= 4 is 5.91 Å². The molecule has 26 heavy (non-hydrogen) atoms. The normalized spacial score (nSPS) is 10.4. The van der Waals surface area contributed by atoms with Crippen LogP contribution in [-0.2, 0) is 6.54 Å². The van der Waals surface area contributed by atoms with E-state index < -0.39 is 0 Å². The molecule has 0 atom stereocenters. The van der Waals surface area contributed by atoms with Crippen molar-refractivity contribution in [1.82, 2.24) is 20.3 Å². The van der Waals surface area contributed by atoms with Gasteiger partial charge >= 0.3 is 0 Å². The van der Waals surface area contributed by atoms with Gasteiger partial charge in [0.2, 0.25) is 0 Å². The van der Waals surface area contributed by atoms with E-state index in [2.05, 4.69) is 15.6 Å². The summed E-state index contributed by atoms with van der Waals surface area (Å²) < 4.78 is 12.1. The average Bonchev–Trinajstić information content (AvgIpc) is 3.16. The van der Waals surface area contributed by atoms with Crippen LogP contribution in [0.3, 0.4) is 0 Å². The number of amides is 1. The molecule has 7 nitrogen and oxygen atoms in total. The molecule has 0 spiro atoms. The zero-order valence-electron chi connectivity index (χ0n) is 14.9. The van der Waals surface area contributed by atoms with E-state index in [1.807, 2.05) is 37.3 Å². The molecule has 7 heteroatoms. The number of ether oxygens (including phenoxy) is 2. The number of benzene rings is 2. The van der Waals surface area contributed by atoms with Gasteiger partial charge in [-0.2, -0.15) is 0 Å². The molecule has 0 saturated carbocycles. The summed E-state index contributed by atoms with van der Waals surface area (Å²) in [6.07, 6.45) is 1.60. The molecular weight excluding hydrogens is 332 g/mol. The molecule has 0 aliphatic carbocycles. The van der Waals surface area contributed by atoms with E-state index in [-0.39, 0.29) is 18.1 Å². The number of nitrogens with zero attached hydrogens (tertiary/aromatic N) is 3. The molecule has 1 amide bonds. The molecule has 0 aliphatic heterocycles. The maximum atomic E-state index is 12.4. The van der Waals surface area contributed by atoms with Crippen LogP contribution in [-0.4, -0.2) is 35.1 Å². The minimum atomic E-state index is -0.312. The van der Waals surface area contributed by atoms with Crippen molar-refractivity contribution in [2.75, 3.05) is 14.2 Å². The molecule has 0 bridgehead atoms. The minimum Gasteiger partial charge on any atom is -0.497 e. The van der Waals surface area contributed by atoms with Crippen molar-refractivity contribution in [1.29, 1.82) is 0 Å². The first-order valence-corrected chi connectivity index (χ1v) is 8.09. The molecule has 0 fully saturated rings. The number of hydrogen-bond donors (Lipinski definition) is 1. The summed E-state index contributed by atoms with van der Waals surface area (Å²) in [4.78, 5) is 12.4. The quantitative estimate of drug-likeness (QED) is 0.737. The standard InChI is InChI=1S/C19H20N4O3/c1-13-4-6-15(7-5-13)23-12-17(21-22-23)19(24)20-11-14-10-16(25-2)8-9-18(14)26-3/h4-10,12H,11H2,1-3H3,(H,20,24). The zero-order valence-corrected chi connectivity index (χ0v) is 14.9. The number of rotatable bonds is 6. The molecule has 134 valence electrons. The van der Waals surface area contributed by atoms with Gasteiger partial charge in [0.25, 0.3) is 5.91 Å². The Hall–Kier alpha value is -3.35. The Morgan fingerprint density at radius 3 is 2.58 bits per heavy atom. The Labute approximate surface area is 151 Å². The highest BCUT2D eigenvalue weighted by atomic mass is 16.5. The lowest BCUT2D eigenvalue weighted by atomic mass is 10.2. The second-order valence-corrected chi connectivity index (χ2v) is 5.74. The van der Waals surface area contributed by atoms with Gasteiger partial charge in [0.15, 0.2) is 5.69 Å². The molecule has 0 unspecified atom stereocenters. The third-order valence-electron chi connectivity index (χ3n) is 3.95. The monoisotopic (exact) mass is 352 g/mol. The van der Waals surface area contributed by atoms with Crippen LogP contribution in [0.5, 0.6) is 11.5 Å². The van der Waals surface area contributed by atoms with E-state index in [1.54, 1.807) is 37.2 Å². The van der Waals surface area contributed by atoms with Gasteiger partial charge in [-0.3, -0.25) is 4.79 Å². The molecule has 1 N–H and O–H groups in total. The number of carbonyl (C=O) groups is 1. The third-order valence-corrected chi connectivity index (χ3v) is 3.95. The molecule has 2 aromatic carbocycles. The highest BCUT2D eigenvalue weighted by Gasteiger charge is 2.13. The van der Waals surface area contributed by atoms with E-state index in [9.17, 15) is 4.79 Å². The van der Waals surface area contributed by atoms with Crippen LogP contribution < -0.4 is 14.8 Å².